The number of halogens is 1. The molecule has 0 spiro atoms. The predicted octanol–water partition coefficient (Wildman–Crippen LogP) is 3.76. The molecule has 0 saturated carbocycles. The van der Waals surface area contributed by atoms with Crippen molar-refractivity contribution >= 4 is 34.8 Å². The van der Waals surface area contributed by atoms with Crippen molar-refractivity contribution in [3.8, 4) is 11.5 Å². The van der Waals surface area contributed by atoms with Crippen molar-refractivity contribution in [3.63, 3.8) is 0 Å². The van der Waals surface area contributed by atoms with Gasteiger partial charge >= 0.3 is 0 Å². The summed E-state index contributed by atoms with van der Waals surface area (Å²) in [4.78, 5) is 27.8. The van der Waals surface area contributed by atoms with Gasteiger partial charge in [-0.2, -0.15) is 0 Å². The summed E-state index contributed by atoms with van der Waals surface area (Å²) in [7, 11) is 4.70. The minimum absolute atomic E-state index is 0.104. The Labute approximate surface area is 164 Å². The van der Waals surface area contributed by atoms with Crippen LogP contribution in [0.1, 0.15) is 13.3 Å². The fraction of sp³-hybridized carbons (Fsp3) is 0.300. The van der Waals surface area contributed by atoms with Gasteiger partial charge < -0.3 is 19.3 Å². The van der Waals surface area contributed by atoms with Gasteiger partial charge in [-0.3, -0.25) is 9.59 Å². The molecule has 144 valence electrons. The van der Waals surface area contributed by atoms with E-state index in [4.69, 9.17) is 21.1 Å². The van der Waals surface area contributed by atoms with Crippen molar-refractivity contribution < 1.29 is 19.1 Å². The largest absolute Gasteiger partial charge is 0.495 e. The summed E-state index contributed by atoms with van der Waals surface area (Å²) in [5, 5.41) is 0.376. The van der Waals surface area contributed by atoms with E-state index in [1.54, 1.807) is 24.1 Å². The second-order valence-electron chi connectivity index (χ2n) is 5.87. The minimum Gasteiger partial charge on any atom is -0.495 e. The van der Waals surface area contributed by atoms with Crippen LogP contribution in [0.3, 0.4) is 0 Å². The molecule has 0 aliphatic rings. The van der Waals surface area contributed by atoms with E-state index in [0.717, 1.165) is 5.69 Å². The van der Waals surface area contributed by atoms with Gasteiger partial charge in [-0.15, -0.1) is 0 Å². The van der Waals surface area contributed by atoms with Gasteiger partial charge in [0.15, 0.2) is 0 Å². The van der Waals surface area contributed by atoms with Gasteiger partial charge in [0, 0.05) is 44.8 Å². The number of amides is 2. The molecule has 2 aromatic rings. The Hall–Kier alpha value is -2.73. The highest BCUT2D eigenvalue weighted by Crippen LogP contribution is 2.38. The van der Waals surface area contributed by atoms with Crippen LogP contribution in [0.15, 0.2) is 42.5 Å². The number of anilines is 2. The monoisotopic (exact) mass is 390 g/mol. The number of benzene rings is 2. The second kappa shape index (κ2) is 9.28. The number of rotatable bonds is 7. The van der Waals surface area contributed by atoms with Crippen LogP contribution in [-0.2, 0) is 9.59 Å². The van der Waals surface area contributed by atoms with Gasteiger partial charge in [-0.1, -0.05) is 29.8 Å². The number of carbonyl (C=O) groups is 2. The summed E-state index contributed by atoms with van der Waals surface area (Å²) in [6.45, 7) is 1.64. The molecule has 27 heavy (non-hydrogen) atoms. The Kier molecular flexibility index (Phi) is 7.07. The fourth-order valence-corrected chi connectivity index (χ4v) is 2.90. The van der Waals surface area contributed by atoms with Gasteiger partial charge in [0.25, 0.3) is 0 Å². The average Bonchev–Trinajstić information content (AvgIpc) is 2.68. The Morgan fingerprint density at radius 3 is 2.22 bits per heavy atom. The molecule has 6 nitrogen and oxygen atoms in total. The maximum Gasteiger partial charge on any atom is 0.228 e. The van der Waals surface area contributed by atoms with E-state index >= 15 is 0 Å². The van der Waals surface area contributed by atoms with Crippen molar-refractivity contribution in [1.82, 2.24) is 0 Å². The number of nitrogens with zero attached hydrogens (tertiary/aromatic N) is 2. The van der Waals surface area contributed by atoms with Crippen molar-refractivity contribution in [2.75, 3.05) is 37.6 Å². The second-order valence-corrected chi connectivity index (χ2v) is 6.27. The van der Waals surface area contributed by atoms with Crippen LogP contribution in [0.5, 0.6) is 11.5 Å². The molecule has 0 N–H and O–H groups in total. The normalized spacial score (nSPS) is 10.3. The lowest BCUT2D eigenvalue weighted by atomic mass is 10.2. The van der Waals surface area contributed by atoms with Gasteiger partial charge in [0.2, 0.25) is 11.8 Å². The summed E-state index contributed by atoms with van der Waals surface area (Å²) >= 11 is 6.13. The van der Waals surface area contributed by atoms with Crippen molar-refractivity contribution in [2.45, 2.75) is 13.3 Å². The summed E-state index contributed by atoms with van der Waals surface area (Å²) in [6.07, 6.45) is 0.152. The number of ether oxygens (including phenoxy) is 2. The molecular formula is C20H23ClN2O4. The maximum absolute atomic E-state index is 12.5. The molecular weight excluding hydrogens is 368 g/mol. The zero-order chi connectivity index (χ0) is 20.0. The van der Waals surface area contributed by atoms with E-state index in [2.05, 4.69) is 0 Å². The quantitative estimate of drug-likeness (QED) is 0.722. The third-order valence-electron chi connectivity index (χ3n) is 4.19. The number of hydrogen-bond donors (Lipinski definition) is 0. The third kappa shape index (κ3) is 4.92. The number of methoxy groups -OCH3 is 2. The lowest BCUT2D eigenvalue weighted by molar-refractivity contribution is -0.118. The highest BCUT2D eigenvalue weighted by molar-refractivity contribution is 6.32. The molecule has 0 atom stereocenters. The molecule has 7 heteroatoms. The van der Waals surface area contributed by atoms with E-state index in [0.29, 0.717) is 22.2 Å². The fourth-order valence-electron chi connectivity index (χ4n) is 2.67. The Morgan fingerprint density at radius 1 is 1.04 bits per heavy atom. The van der Waals surface area contributed by atoms with E-state index < -0.39 is 0 Å². The van der Waals surface area contributed by atoms with Gasteiger partial charge in [0.1, 0.15) is 11.5 Å². The number of para-hydroxylation sites is 1. The number of hydrogen-bond acceptors (Lipinski definition) is 4. The van der Waals surface area contributed by atoms with Crippen molar-refractivity contribution in [2.24, 2.45) is 0 Å². The molecule has 0 bridgehead atoms. The first-order valence-corrected chi connectivity index (χ1v) is 8.78. The Balaban J connectivity index is 2.21. The van der Waals surface area contributed by atoms with Crippen LogP contribution in [0.4, 0.5) is 11.4 Å². The van der Waals surface area contributed by atoms with E-state index in [1.807, 2.05) is 30.3 Å². The molecule has 0 saturated heterocycles. The Morgan fingerprint density at radius 2 is 1.67 bits per heavy atom. The summed E-state index contributed by atoms with van der Waals surface area (Å²) in [5.74, 6) is 0.534. The first kappa shape index (κ1) is 20.6. The first-order chi connectivity index (χ1) is 12.9. The summed E-state index contributed by atoms with van der Waals surface area (Å²) < 4.78 is 10.6. The van der Waals surface area contributed by atoms with Crippen molar-refractivity contribution in [3.05, 3.63) is 47.5 Å². The average molecular weight is 391 g/mol. The van der Waals surface area contributed by atoms with Crippen LogP contribution >= 0.6 is 11.6 Å². The van der Waals surface area contributed by atoms with Gasteiger partial charge in [-0.25, -0.2) is 0 Å². The highest BCUT2D eigenvalue weighted by Gasteiger charge is 2.21. The smallest absolute Gasteiger partial charge is 0.228 e. The standard InChI is InChI=1S/C20H23ClN2O4/c1-14(24)23(17-13-18(26-3)16(21)12-19(17)27-4)11-10-20(25)22(2)15-8-6-5-7-9-15/h5-9,12-13H,10-11H2,1-4H3. The zero-order valence-corrected chi connectivity index (χ0v) is 16.6. The minimum atomic E-state index is -0.215. The SMILES string of the molecule is COc1cc(N(CCC(=O)N(C)c2ccccc2)C(C)=O)c(OC)cc1Cl. The van der Waals surface area contributed by atoms with E-state index in [1.165, 1.54) is 26.0 Å². The third-order valence-corrected chi connectivity index (χ3v) is 4.49. The number of carbonyl (C=O) groups excluding carboxylic acids is 2. The van der Waals surface area contributed by atoms with E-state index in [9.17, 15) is 9.59 Å². The lowest BCUT2D eigenvalue weighted by Gasteiger charge is -2.25. The van der Waals surface area contributed by atoms with Crippen LogP contribution in [0.25, 0.3) is 0 Å². The topological polar surface area (TPSA) is 59.1 Å². The molecule has 0 aliphatic heterocycles. The molecule has 0 unspecified atom stereocenters. The van der Waals surface area contributed by atoms with Crippen LogP contribution in [0, 0.1) is 0 Å². The Bertz CT molecular complexity index is 811. The lowest BCUT2D eigenvalue weighted by Crippen LogP contribution is -2.35. The maximum atomic E-state index is 12.5. The van der Waals surface area contributed by atoms with Crippen LogP contribution in [0.2, 0.25) is 5.02 Å². The molecule has 0 fully saturated rings. The zero-order valence-electron chi connectivity index (χ0n) is 15.9. The molecule has 0 heterocycles. The molecule has 0 aliphatic carbocycles. The van der Waals surface area contributed by atoms with E-state index in [-0.39, 0.29) is 24.8 Å². The molecule has 0 aromatic heterocycles. The molecule has 0 radical (unpaired) electrons. The van der Waals surface area contributed by atoms with Gasteiger partial charge in [0.05, 0.1) is 24.9 Å². The molecule has 2 aromatic carbocycles. The van der Waals surface area contributed by atoms with Crippen LogP contribution < -0.4 is 19.3 Å². The van der Waals surface area contributed by atoms with Gasteiger partial charge in [-0.05, 0) is 12.1 Å². The molecule has 2 amide bonds. The predicted molar refractivity (Wildman–Crippen MR) is 107 cm³/mol. The molecule has 2 rings (SSSR count). The van der Waals surface area contributed by atoms with Crippen LogP contribution in [-0.4, -0.2) is 39.6 Å². The van der Waals surface area contributed by atoms with Crippen molar-refractivity contribution in [1.29, 1.82) is 0 Å². The first-order valence-electron chi connectivity index (χ1n) is 8.40. The summed E-state index contributed by atoms with van der Waals surface area (Å²) in [5.41, 5.74) is 1.30. The highest BCUT2D eigenvalue weighted by atomic mass is 35.5. The summed E-state index contributed by atoms with van der Waals surface area (Å²) in [6, 6.07) is 12.6.